The van der Waals surface area contributed by atoms with E-state index >= 15 is 0 Å². The average Bonchev–Trinajstić information content (AvgIpc) is 2.40. The van der Waals surface area contributed by atoms with Crippen LogP contribution in [0, 0.1) is 5.82 Å². The molecule has 0 aliphatic carbocycles. The van der Waals surface area contributed by atoms with Gasteiger partial charge in [-0.3, -0.25) is 0 Å². The van der Waals surface area contributed by atoms with E-state index in [1.807, 2.05) is 24.3 Å². The molecule has 2 nitrogen and oxygen atoms in total. The number of rotatable bonds is 4. The van der Waals surface area contributed by atoms with Gasteiger partial charge in [0.2, 0.25) is 0 Å². The first kappa shape index (κ1) is 14.0. The van der Waals surface area contributed by atoms with Gasteiger partial charge in [0.15, 0.2) is 0 Å². The molecular formula is C14H13ClFNOS. The van der Waals surface area contributed by atoms with Gasteiger partial charge in [-0.15, -0.1) is 11.8 Å². The molecule has 2 aromatic carbocycles. The van der Waals surface area contributed by atoms with Crippen molar-refractivity contribution in [3.63, 3.8) is 0 Å². The lowest BCUT2D eigenvalue weighted by Crippen LogP contribution is -1.95. The molecule has 19 heavy (non-hydrogen) atoms. The van der Waals surface area contributed by atoms with E-state index in [4.69, 9.17) is 22.1 Å². The summed E-state index contributed by atoms with van der Waals surface area (Å²) in [5.41, 5.74) is 7.01. The van der Waals surface area contributed by atoms with Crippen LogP contribution in [0.2, 0.25) is 5.02 Å². The van der Waals surface area contributed by atoms with Crippen LogP contribution in [-0.4, -0.2) is 7.11 Å². The van der Waals surface area contributed by atoms with Gasteiger partial charge in [-0.05, 0) is 23.8 Å². The van der Waals surface area contributed by atoms with Crippen molar-refractivity contribution in [1.29, 1.82) is 0 Å². The van der Waals surface area contributed by atoms with Crippen LogP contribution < -0.4 is 10.5 Å². The maximum Gasteiger partial charge on any atom is 0.143 e. The molecule has 0 fully saturated rings. The Kier molecular flexibility index (Phi) is 4.56. The molecule has 5 heteroatoms. The zero-order valence-corrected chi connectivity index (χ0v) is 11.9. The maximum atomic E-state index is 13.8. The Morgan fingerprint density at radius 3 is 2.58 bits per heavy atom. The molecule has 2 N–H and O–H groups in total. The highest BCUT2D eigenvalue weighted by molar-refractivity contribution is 7.98. The number of halogens is 2. The Bertz CT molecular complexity index is 574. The maximum absolute atomic E-state index is 13.8. The molecule has 0 saturated heterocycles. The number of nitrogen functional groups attached to an aromatic ring is 1. The zero-order chi connectivity index (χ0) is 13.8. The van der Waals surface area contributed by atoms with Crippen molar-refractivity contribution in [1.82, 2.24) is 0 Å². The minimum absolute atomic E-state index is 0.302. The van der Waals surface area contributed by atoms with Crippen LogP contribution in [0.15, 0.2) is 41.3 Å². The van der Waals surface area contributed by atoms with E-state index in [9.17, 15) is 4.39 Å². The first-order chi connectivity index (χ1) is 9.10. The molecule has 0 aromatic heterocycles. The average molecular weight is 298 g/mol. The third kappa shape index (κ3) is 3.55. The van der Waals surface area contributed by atoms with Crippen molar-refractivity contribution in [2.24, 2.45) is 0 Å². The largest absolute Gasteiger partial charge is 0.495 e. The van der Waals surface area contributed by atoms with Crippen LogP contribution >= 0.6 is 23.4 Å². The van der Waals surface area contributed by atoms with Gasteiger partial charge in [0.1, 0.15) is 11.6 Å². The van der Waals surface area contributed by atoms with Crippen LogP contribution in [0.4, 0.5) is 10.1 Å². The van der Waals surface area contributed by atoms with E-state index < -0.39 is 0 Å². The van der Waals surface area contributed by atoms with E-state index in [0.717, 1.165) is 5.56 Å². The number of benzene rings is 2. The van der Waals surface area contributed by atoms with Crippen LogP contribution in [0.25, 0.3) is 0 Å². The summed E-state index contributed by atoms with van der Waals surface area (Å²) in [6.45, 7) is 0. The van der Waals surface area contributed by atoms with Gasteiger partial charge in [0.05, 0.1) is 12.8 Å². The number of hydrogen-bond donors (Lipinski definition) is 1. The van der Waals surface area contributed by atoms with E-state index in [2.05, 4.69) is 0 Å². The number of hydrogen-bond acceptors (Lipinski definition) is 3. The van der Waals surface area contributed by atoms with E-state index in [1.54, 1.807) is 6.07 Å². The summed E-state index contributed by atoms with van der Waals surface area (Å²) in [7, 11) is 1.51. The molecule has 2 rings (SSSR count). The minimum atomic E-state index is -0.336. The van der Waals surface area contributed by atoms with E-state index in [-0.39, 0.29) is 5.82 Å². The van der Waals surface area contributed by atoms with Gasteiger partial charge in [-0.1, -0.05) is 23.7 Å². The topological polar surface area (TPSA) is 35.2 Å². The van der Waals surface area contributed by atoms with Gasteiger partial charge >= 0.3 is 0 Å². The quantitative estimate of drug-likeness (QED) is 0.672. The molecule has 0 aliphatic rings. The molecule has 0 aliphatic heterocycles. The Balaban J connectivity index is 2.13. The third-order valence-electron chi connectivity index (χ3n) is 2.59. The monoisotopic (exact) mass is 297 g/mol. The summed E-state index contributed by atoms with van der Waals surface area (Å²) in [6.07, 6.45) is 0. The lowest BCUT2D eigenvalue weighted by molar-refractivity contribution is 0.414. The summed E-state index contributed by atoms with van der Waals surface area (Å²) in [4.78, 5) is 0.515. The van der Waals surface area contributed by atoms with Crippen molar-refractivity contribution in [2.75, 3.05) is 12.8 Å². The molecule has 0 atom stereocenters. The summed E-state index contributed by atoms with van der Waals surface area (Å²) in [5, 5.41) is 0.689. The highest BCUT2D eigenvalue weighted by Crippen LogP contribution is 2.32. The normalized spacial score (nSPS) is 10.5. The highest BCUT2D eigenvalue weighted by atomic mass is 35.5. The summed E-state index contributed by atoms with van der Waals surface area (Å²) < 4.78 is 18.8. The second-order valence-corrected chi connectivity index (χ2v) is 5.39. The van der Waals surface area contributed by atoms with Crippen molar-refractivity contribution < 1.29 is 9.13 Å². The molecule has 0 bridgehead atoms. The Morgan fingerprint density at radius 2 is 1.95 bits per heavy atom. The number of anilines is 1. The fourth-order valence-electron chi connectivity index (χ4n) is 1.58. The number of thioether (sulfide) groups is 1. The summed E-state index contributed by atoms with van der Waals surface area (Å²) in [5.74, 6) is 0.804. The second-order valence-electron chi connectivity index (χ2n) is 3.94. The molecule has 2 aromatic rings. The van der Waals surface area contributed by atoms with Crippen molar-refractivity contribution >= 4 is 29.1 Å². The van der Waals surface area contributed by atoms with Crippen molar-refractivity contribution in [2.45, 2.75) is 10.6 Å². The van der Waals surface area contributed by atoms with Crippen LogP contribution in [-0.2, 0) is 5.75 Å². The molecule has 100 valence electrons. The lowest BCUT2D eigenvalue weighted by atomic mass is 10.2. The minimum Gasteiger partial charge on any atom is -0.495 e. The molecule has 0 spiro atoms. The van der Waals surface area contributed by atoms with Gasteiger partial charge in [-0.25, -0.2) is 4.39 Å². The highest BCUT2D eigenvalue weighted by Gasteiger charge is 2.09. The SMILES string of the molecule is COc1cc(SCc2ccc(Cl)cc2)c(F)cc1N. The third-order valence-corrected chi connectivity index (χ3v) is 3.95. The fourth-order valence-corrected chi connectivity index (χ4v) is 2.61. The second kappa shape index (κ2) is 6.17. The first-order valence-corrected chi connectivity index (χ1v) is 6.96. The van der Waals surface area contributed by atoms with Gasteiger partial charge in [-0.2, -0.15) is 0 Å². The zero-order valence-electron chi connectivity index (χ0n) is 10.3. The first-order valence-electron chi connectivity index (χ1n) is 5.60. The molecule has 0 radical (unpaired) electrons. The smallest absolute Gasteiger partial charge is 0.143 e. The van der Waals surface area contributed by atoms with E-state index in [1.165, 1.54) is 24.9 Å². The van der Waals surface area contributed by atoms with E-state index in [0.29, 0.717) is 27.1 Å². The van der Waals surface area contributed by atoms with Crippen LogP contribution in [0.1, 0.15) is 5.56 Å². The standard InChI is InChI=1S/C14H13ClFNOS/c1-18-13-7-14(11(16)6-12(13)17)19-8-9-2-4-10(15)5-3-9/h2-7H,8,17H2,1H3. The van der Waals surface area contributed by atoms with Gasteiger partial charge in [0, 0.05) is 21.7 Å². The summed E-state index contributed by atoms with van der Waals surface area (Å²) >= 11 is 7.20. The number of nitrogens with two attached hydrogens (primary N) is 1. The Hall–Kier alpha value is -1.39. The van der Waals surface area contributed by atoms with Gasteiger partial charge < -0.3 is 10.5 Å². The fraction of sp³-hybridized carbons (Fsp3) is 0.143. The predicted octanol–water partition coefficient (Wildman–Crippen LogP) is 4.36. The summed E-state index contributed by atoms with van der Waals surface area (Å²) in [6, 6.07) is 10.4. The molecule has 0 unspecified atom stereocenters. The number of ether oxygens (including phenoxy) is 1. The Morgan fingerprint density at radius 1 is 1.26 bits per heavy atom. The lowest BCUT2D eigenvalue weighted by Gasteiger charge is -2.09. The van der Waals surface area contributed by atoms with Crippen LogP contribution in [0.3, 0.4) is 0 Å². The van der Waals surface area contributed by atoms with Crippen molar-refractivity contribution in [3.8, 4) is 5.75 Å². The molecule has 0 saturated carbocycles. The van der Waals surface area contributed by atoms with Gasteiger partial charge in [0.25, 0.3) is 0 Å². The van der Waals surface area contributed by atoms with Crippen molar-refractivity contribution in [3.05, 3.63) is 52.8 Å². The number of methoxy groups -OCH3 is 1. The molecule has 0 amide bonds. The Labute approximate surface area is 120 Å². The van der Waals surface area contributed by atoms with Crippen LogP contribution in [0.5, 0.6) is 5.75 Å². The molecular weight excluding hydrogens is 285 g/mol. The predicted molar refractivity (Wildman–Crippen MR) is 78.4 cm³/mol. The molecule has 0 heterocycles.